The monoisotopic (exact) mass is 329 g/mol. The molecular formula is C18H23N3OS. The van der Waals surface area contributed by atoms with Gasteiger partial charge in [-0.05, 0) is 36.4 Å². The number of nitrogens with one attached hydrogen (secondary N) is 1. The topological polar surface area (TPSA) is 59.6 Å². The quantitative estimate of drug-likeness (QED) is 0.481. The van der Waals surface area contributed by atoms with Crippen LogP contribution in [-0.2, 0) is 17.9 Å². The molecule has 2 aromatic carbocycles. The minimum absolute atomic E-state index is 0.404. The first-order chi connectivity index (χ1) is 11.1. The lowest BCUT2D eigenvalue weighted by molar-refractivity contribution is 0.185. The largest absolute Gasteiger partial charge is 0.380 e. The van der Waals surface area contributed by atoms with Gasteiger partial charge in [-0.3, -0.25) is 0 Å². The highest BCUT2D eigenvalue weighted by Crippen LogP contribution is 2.22. The van der Waals surface area contributed by atoms with Gasteiger partial charge in [-0.2, -0.15) is 0 Å². The summed E-state index contributed by atoms with van der Waals surface area (Å²) in [7, 11) is 1.68. The van der Waals surface area contributed by atoms with Crippen LogP contribution in [0, 0.1) is 6.92 Å². The van der Waals surface area contributed by atoms with E-state index in [2.05, 4.69) is 41.7 Å². The van der Waals surface area contributed by atoms with Gasteiger partial charge in [-0.1, -0.05) is 30.3 Å². The van der Waals surface area contributed by atoms with E-state index in [4.69, 9.17) is 10.5 Å². The van der Waals surface area contributed by atoms with Crippen molar-refractivity contribution in [2.75, 3.05) is 18.7 Å². The normalized spacial score (nSPS) is 11.5. The third kappa shape index (κ3) is 5.01. The molecule has 0 aliphatic carbocycles. The Kier molecular flexibility index (Phi) is 6.50. The smallest absolute Gasteiger partial charge is 0.193 e. The average Bonchev–Trinajstić information content (AvgIpc) is 2.55. The van der Waals surface area contributed by atoms with Gasteiger partial charge in [0.2, 0.25) is 0 Å². The van der Waals surface area contributed by atoms with Crippen LogP contribution in [-0.4, -0.2) is 19.3 Å². The Morgan fingerprint density at radius 1 is 1.22 bits per heavy atom. The highest BCUT2D eigenvalue weighted by Gasteiger charge is 2.04. The summed E-state index contributed by atoms with van der Waals surface area (Å²) in [6, 6.07) is 14.3. The molecule has 23 heavy (non-hydrogen) atoms. The van der Waals surface area contributed by atoms with Gasteiger partial charge in [-0.15, -0.1) is 11.8 Å². The van der Waals surface area contributed by atoms with Crippen molar-refractivity contribution in [2.24, 2.45) is 10.7 Å². The van der Waals surface area contributed by atoms with Crippen molar-refractivity contribution in [3.63, 3.8) is 0 Å². The molecule has 0 aliphatic rings. The Bertz CT molecular complexity index is 686. The van der Waals surface area contributed by atoms with Crippen LogP contribution in [0.4, 0.5) is 5.69 Å². The summed E-state index contributed by atoms with van der Waals surface area (Å²) < 4.78 is 5.20. The molecule has 0 aromatic heterocycles. The van der Waals surface area contributed by atoms with E-state index in [1.165, 1.54) is 16.0 Å². The number of methoxy groups -OCH3 is 1. The van der Waals surface area contributed by atoms with E-state index in [1.807, 2.05) is 24.3 Å². The second-order valence-electron chi connectivity index (χ2n) is 5.23. The van der Waals surface area contributed by atoms with Crippen LogP contribution in [0.3, 0.4) is 0 Å². The summed E-state index contributed by atoms with van der Waals surface area (Å²) in [5.74, 6) is 0.404. The molecule has 0 bridgehead atoms. The summed E-state index contributed by atoms with van der Waals surface area (Å²) >= 11 is 1.73. The summed E-state index contributed by atoms with van der Waals surface area (Å²) in [6.07, 6.45) is 2.07. The molecule has 0 saturated heterocycles. The van der Waals surface area contributed by atoms with Crippen molar-refractivity contribution < 1.29 is 4.74 Å². The highest BCUT2D eigenvalue weighted by molar-refractivity contribution is 7.98. The van der Waals surface area contributed by atoms with E-state index in [-0.39, 0.29) is 0 Å². The van der Waals surface area contributed by atoms with Crippen LogP contribution >= 0.6 is 11.8 Å². The Balaban J connectivity index is 2.09. The molecule has 0 atom stereocenters. The molecule has 5 heteroatoms. The molecule has 0 amide bonds. The first-order valence-corrected chi connectivity index (χ1v) is 8.64. The molecule has 0 radical (unpaired) electrons. The van der Waals surface area contributed by atoms with Crippen molar-refractivity contribution in [3.8, 4) is 0 Å². The van der Waals surface area contributed by atoms with Crippen molar-refractivity contribution in [1.29, 1.82) is 0 Å². The van der Waals surface area contributed by atoms with Crippen molar-refractivity contribution in [3.05, 3.63) is 59.2 Å². The minimum atomic E-state index is 0.404. The van der Waals surface area contributed by atoms with Crippen molar-refractivity contribution in [2.45, 2.75) is 25.0 Å². The number of nitrogens with zero attached hydrogens (tertiary/aromatic N) is 1. The summed E-state index contributed by atoms with van der Waals surface area (Å²) in [5, 5.41) is 3.16. The number of ether oxygens (including phenoxy) is 1. The maximum Gasteiger partial charge on any atom is 0.193 e. The lowest BCUT2D eigenvalue weighted by Crippen LogP contribution is -2.23. The van der Waals surface area contributed by atoms with Gasteiger partial charge >= 0.3 is 0 Å². The van der Waals surface area contributed by atoms with Gasteiger partial charge in [0.1, 0.15) is 0 Å². The van der Waals surface area contributed by atoms with Crippen LogP contribution in [0.2, 0.25) is 0 Å². The molecule has 0 saturated carbocycles. The molecule has 2 rings (SSSR count). The Hall–Kier alpha value is -1.98. The number of anilines is 1. The van der Waals surface area contributed by atoms with Gasteiger partial charge in [-0.25, -0.2) is 4.99 Å². The van der Waals surface area contributed by atoms with E-state index in [0.717, 1.165) is 11.3 Å². The zero-order valence-corrected chi connectivity index (χ0v) is 14.6. The molecule has 4 nitrogen and oxygen atoms in total. The second kappa shape index (κ2) is 8.60. The molecule has 0 heterocycles. The summed E-state index contributed by atoms with van der Waals surface area (Å²) in [6.45, 7) is 3.18. The predicted octanol–water partition coefficient (Wildman–Crippen LogP) is 3.79. The van der Waals surface area contributed by atoms with Gasteiger partial charge in [0, 0.05) is 23.3 Å². The number of para-hydroxylation sites is 1. The number of thioether (sulfide) groups is 1. The summed E-state index contributed by atoms with van der Waals surface area (Å²) in [5.41, 5.74) is 10.4. The first-order valence-electron chi connectivity index (χ1n) is 7.41. The zero-order valence-electron chi connectivity index (χ0n) is 13.8. The molecule has 122 valence electrons. The molecule has 3 N–H and O–H groups in total. The number of hydrogen-bond donors (Lipinski definition) is 2. The maximum atomic E-state index is 6.03. The fourth-order valence-electron chi connectivity index (χ4n) is 2.25. The lowest BCUT2D eigenvalue weighted by Gasteiger charge is -2.11. The van der Waals surface area contributed by atoms with Crippen LogP contribution in [0.1, 0.15) is 16.7 Å². The van der Waals surface area contributed by atoms with E-state index >= 15 is 0 Å². The first kappa shape index (κ1) is 17.4. The number of nitrogens with two attached hydrogens (primary N) is 1. The van der Waals surface area contributed by atoms with Crippen LogP contribution in [0.15, 0.2) is 52.4 Å². The molecule has 2 aromatic rings. The summed E-state index contributed by atoms with van der Waals surface area (Å²) in [4.78, 5) is 5.70. The fourth-order valence-corrected chi connectivity index (χ4v) is 2.95. The van der Waals surface area contributed by atoms with Crippen LogP contribution < -0.4 is 11.1 Å². The maximum absolute atomic E-state index is 6.03. The van der Waals surface area contributed by atoms with Crippen LogP contribution in [0.25, 0.3) is 0 Å². The standard InChI is InChI=1S/C18H23N3OS/c1-13-8-9-14(17(10-13)23-3)11-20-18(19)21-16-7-5-4-6-15(16)12-22-2/h4-10H,11-12H2,1-3H3,(H3,19,20,21). The Morgan fingerprint density at radius 3 is 2.74 bits per heavy atom. The minimum Gasteiger partial charge on any atom is -0.380 e. The Morgan fingerprint density at radius 2 is 2.00 bits per heavy atom. The number of guanidine groups is 1. The predicted molar refractivity (Wildman–Crippen MR) is 99.1 cm³/mol. The van der Waals surface area contributed by atoms with E-state index < -0.39 is 0 Å². The van der Waals surface area contributed by atoms with E-state index in [0.29, 0.717) is 19.1 Å². The molecular weight excluding hydrogens is 306 g/mol. The van der Waals surface area contributed by atoms with Crippen LogP contribution in [0.5, 0.6) is 0 Å². The number of aliphatic imine (C=N–C) groups is 1. The zero-order chi connectivity index (χ0) is 16.7. The van der Waals surface area contributed by atoms with E-state index in [9.17, 15) is 0 Å². The SMILES string of the molecule is COCc1ccccc1NC(N)=NCc1ccc(C)cc1SC. The molecule has 0 fully saturated rings. The lowest BCUT2D eigenvalue weighted by atomic mass is 10.1. The van der Waals surface area contributed by atoms with Gasteiger partial charge < -0.3 is 15.8 Å². The third-order valence-electron chi connectivity index (χ3n) is 3.44. The number of aryl methyl sites for hydroxylation is 1. The van der Waals surface area contributed by atoms with E-state index in [1.54, 1.807) is 18.9 Å². The van der Waals surface area contributed by atoms with Crippen molar-refractivity contribution >= 4 is 23.4 Å². The fraction of sp³-hybridized carbons (Fsp3) is 0.278. The van der Waals surface area contributed by atoms with Gasteiger partial charge in [0.25, 0.3) is 0 Å². The average molecular weight is 329 g/mol. The van der Waals surface area contributed by atoms with Gasteiger partial charge in [0.15, 0.2) is 5.96 Å². The highest BCUT2D eigenvalue weighted by atomic mass is 32.2. The number of rotatable bonds is 6. The molecule has 0 spiro atoms. The molecule has 0 unspecified atom stereocenters. The number of benzene rings is 2. The number of hydrogen-bond acceptors (Lipinski definition) is 3. The van der Waals surface area contributed by atoms with Gasteiger partial charge in [0.05, 0.1) is 13.2 Å². The molecule has 0 aliphatic heterocycles. The third-order valence-corrected chi connectivity index (χ3v) is 4.26. The van der Waals surface area contributed by atoms with Crippen molar-refractivity contribution in [1.82, 2.24) is 0 Å². The Labute approximate surface area is 142 Å². The second-order valence-corrected chi connectivity index (χ2v) is 6.08.